The maximum Gasteiger partial charge on any atom is 0.257 e. The van der Waals surface area contributed by atoms with Crippen LogP contribution in [0.3, 0.4) is 0 Å². The summed E-state index contributed by atoms with van der Waals surface area (Å²) in [7, 11) is 1.74. The zero-order valence-electron chi connectivity index (χ0n) is 17.4. The molecule has 2 heterocycles. The number of anilines is 1. The second kappa shape index (κ2) is 10.7. The first kappa shape index (κ1) is 21.7. The fourth-order valence-electron chi connectivity index (χ4n) is 3.33. The Bertz CT molecular complexity index is 774. The van der Waals surface area contributed by atoms with E-state index in [0.29, 0.717) is 10.7 Å². The lowest BCUT2D eigenvalue weighted by Gasteiger charge is -2.34. The lowest BCUT2D eigenvalue weighted by molar-refractivity contribution is 0.0937. The van der Waals surface area contributed by atoms with Gasteiger partial charge in [0.25, 0.3) is 5.91 Å². The average Bonchev–Trinajstić information content (AvgIpc) is 3.20. The average molecular weight is 419 g/mol. The molecule has 0 bridgehead atoms. The second-order valence-corrected chi connectivity index (χ2v) is 8.33. The number of aromatic nitrogens is 1. The minimum atomic E-state index is -0.167. The number of hydrogen-bond acceptors (Lipinski definition) is 7. The van der Waals surface area contributed by atoms with Crippen LogP contribution in [0, 0.1) is 0 Å². The summed E-state index contributed by atoms with van der Waals surface area (Å²) in [4.78, 5) is 21.7. The number of rotatable bonds is 9. The number of nitrogens with zero attached hydrogens (tertiary/aromatic N) is 3. The molecule has 8 heteroatoms. The van der Waals surface area contributed by atoms with Gasteiger partial charge in [-0.15, -0.1) is 11.3 Å². The Morgan fingerprint density at radius 2 is 1.97 bits per heavy atom. The fourth-order valence-corrected chi connectivity index (χ4v) is 3.85. The van der Waals surface area contributed by atoms with Crippen molar-refractivity contribution in [2.24, 2.45) is 0 Å². The van der Waals surface area contributed by atoms with Crippen LogP contribution < -0.4 is 10.1 Å². The van der Waals surface area contributed by atoms with Gasteiger partial charge < -0.3 is 9.47 Å². The second-order valence-electron chi connectivity index (χ2n) is 7.43. The molecule has 7 nitrogen and oxygen atoms in total. The van der Waals surface area contributed by atoms with Crippen molar-refractivity contribution in [1.82, 2.24) is 14.8 Å². The fraction of sp³-hybridized carbons (Fsp3) is 0.524. The largest absolute Gasteiger partial charge is 0.491 e. The molecule has 1 saturated heterocycles. The zero-order valence-corrected chi connectivity index (χ0v) is 18.2. The van der Waals surface area contributed by atoms with Gasteiger partial charge in [-0.25, -0.2) is 4.98 Å². The first-order valence-electron chi connectivity index (χ1n) is 9.98. The highest BCUT2D eigenvalue weighted by Crippen LogP contribution is 2.22. The van der Waals surface area contributed by atoms with E-state index in [0.717, 1.165) is 57.2 Å². The van der Waals surface area contributed by atoms with Crippen molar-refractivity contribution in [2.45, 2.75) is 26.5 Å². The summed E-state index contributed by atoms with van der Waals surface area (Å²) in [6, 6.07) is 5.79. The highest BCUT2D eigenvalue weighted by Gasteiger charge is 2.18. The Balaban J connectivity index is 1.68. The number of amides is 1. The van der Waals surface area contributed by atoms with Crippen LogP contribution >= 0.6 is 11.3 Å². The van der Waals surface area contributed by atoms with Crippen LogP contribution in [0.15, 0.2) is 29.8 Å². The number of carbonyl (C=O) groups is 1. The van der Waals surface area contributed by atoms with Gasteiger partial charge in [0.1, 0.15) is 5.75 Å². The van der Waals surface area contributed by atoms with Crippen molar-refractivity contribution >= 4 is 22.4 Å². The molecule has 3 rings (SSSR count). The number of nitrogens with one attached hydrogen (secondary N) is 1. The van der Waals surface area contributed by atoms with Crippen LogP contribution in [0.4, 0.5) is 5.13 Å². The SMILES string of the molecule is COCCN1CCN(Cc2cc(OC(C)C)cc(C(=O)Nc3nccs3)c2)CC1. The van der Waals surface area contributed by atoms with Gasteiger partial charge in [0.15, 0.2) is 5.13 Å². The summed E-state index contributed by atoms with van der Waals surface area (Å²) in [6.45, 7) is 10.6. The third kappa shape index (κ3) is 6.78. The number of thiazole rings is 1. The van der Waals surface area contributed by atoms with Gasteiger partial charge in [0.05, 0.1) is 12.7 Å². The molecule has 0 spiro atoms. The molecule has 1 aromatic heterocycles. The molecule has 0 saturated carbocycles. The van der Waals surface area contributed by atoms with E-state index < -0.39 is 0 Å². The third-order valence-electron chi connectivity index (χ3n) is 4.74. The maximum atomic E-state index is 12.7. The van der Waals surface area contributed by atoms with E-state index in [1.54, 1.807) is 19.4 Å². The monoisotopic (exact) mass is 418 g/mol. The molecule has 1 aromatic carbocycles. The Kier molecular flexibility index (Phi) is 8.00. The van der Waals surface area contributed by atoms with Crippen molar-refractivity contribution in [3.8, 4) is 5.75 Å². The summed E-state index contributed by atoms with van der Waals surface area (Å²) in [6.07, 6.45) is 1.72. The normalized spacial score (nSPS) is 15.6. The van der Waals surface area contributed by atoms with Crippen LogP contribution in [0.25, 0.3) is 0 Å². The van der Waals surface area contributed by atoms with Crippen molar-refractivity contribution in [2.75, 3.05) is 51.8 Å². The van der Waals surface area contributed by atoms with Crippen LogP contribution in [-0.4, -0.2) is 73.2 Å². The minimum absolute atomic E-state index is 0.0458. The van der Waals surface area contributed by atoms with E-state index in [2.05, 4.69) is 20.1 Å². The van der Waals surface area contributed by atoms with Crippen molar-refractivity contribution in [1.29, 1.82) is 0 Å². The van der Waals surface area contributed by atoms with E-state index in [1.165, 1.54) is 11.3 Å². The lowest BCUT2D eigenvalue weighted by Crippen LogP contribution is -2.46. The minimum Gasteiger partial charge on any atom is -0.491 e. The molecular weight excluding hydrogens is 388 g/mol. The Labute approximate surface area is 176 Å². The zero-order chi connectivity index (χ0) is 20.6. The molecule has 158 valence electrons. The molecule has 2 aromatic rings. The number of ether oxygens (including phenoxy) is 2. The molecule has 1 aliphatic heterocycles. The molecule has 1 amide bonds. The molecule has 1 aliphatic rings. The summed E-state index contributed by atoms with van der Waals surface area (Å²) in [5, 5.41) is 5.29. The molecule has 1 fully saturated rings. The van der Waals surface area contributed by atoms with E-state index in [9.17, 15) is 4.79 Å². The van der Waals surface area contributed by atoms with Crippen LogP contribution in [0.5, 0.6) is 5.75 Å². The quantitative estimate of drug-likeness (QED) is 0.675. The van der Waals surface area contributed by atoms with Crippen molar-refractivity contribution in [3.05, 3.63) is 40.9 Å². The predicted octanol–water partition coefficient (Wildman–Crippen LogP) is 2.95. The molecule has 1 N–H and O–H groups in total. The van der Waals surface area contributed by atoms with Gasteiger partial charge in [-0.1, -0.05) is 0 Å². The molecule has 29 heavy (non-hydrogen) atoms. The van der Waals surface area contributed by atoms with Gasteiger partial charge in [-0.05, 0) is 37.6 Å². The Morgan fingerprint density at radius 3 is 2.62 bits per heavy atom. The van der Waals surface area contributed by atoms with Crippen LogP contribution in [-0.2, 0) is 11.3 Å². The lowest BCUT2D eigenvalue weighted by atomic mass is 10.1. The van der Waals surface area contributed by atoms with Gasteiger partial charge in [-0.3, -0.25) is 19.9 Å². The maximum absolute atomic E-state index is 12.7. The summed E-state index contributed by atoms with van der Waals surface area (Å²) in [5.41, 5.74) is 1.67. The van der Waals surface area contributed by atoms with Crippen molar-refractivity contribution < 1.29 is 14.3 Å². The molecule has 0 atom stereocenters. The number of carbonyl (C=O) groups excluding carboxylic acids is 1. The number of methoxy groups -OCH3 is 1. The van der Waals surface area contributed by atoms with Gasteiger partial charge in [0.2, 0.25) is 0 Å². The predicted molar refractivity (Wildman–Crippen MR) is 116 cm³/mol. The van der Waals surface area contributed by atoms with E-state index in [4.69, 9.17) is 9.47 Å². The molecule has 0 unspecified atom stereocenters. The Hall–Kier alpha value is -2.00. The summed E-state index contributed by atoms with van der Waals surface area (Å²) >= 11 is 1.40. The first-order chi connectivity index (χ1) is 14.0. The molecule has 0 aliphatic carbocycles. The van der Waals surface area contributed by atoms with Crippen molar-refractivity contribution in [3.63, 3.8) is 0 Å². The van der Waals surface area contributed by atoms with E-state index in [1.807, 2.05) is 31.4 Å². The third-order valence-corrected chi connectivity index (χ3v) is 5.42. The van der Waals surface area contributed by atoms with Crippen LogP contribution in [0.1, 0.15) is 29.8 Å². The smallest absolute Gasteiger partial charge is 0.257 e. The number of piperazine rings is 1. The highest BCUT2D eigenvalue weighted by molar-refractivity contribution is 7.13. The summed E-state index contributed by atoms with van der Waals surface area (Å²) < 4.78 is 11.1. The van der Waals surface area contributed by atoms with Gasteiger partial charge in [-0.2, -0.15) is 0 Å². The molecular formula is C21H30N4O3S. The first-order valence-corrected chi connectivity index (χ1v) is 10.9. The van der Waals surface area contributed by atoms with Crippen LogP contribution in [0.2, 0.25) is 0 Å². The highest BCUT2D eigenvalue weighted by atomic mass is 32.1. The van der Waals surface area contributed by atoms with Gasteiger partial charge in [0, 0.05) is 63.5 Å². The topological polar surface area (TPSA) is 66.9 Å². The standard InChI is InChI=1S/C21H30N4O3S/c1-16(2)28-19-13-17(15-25-7-5-24(6-8-25)9-10-27-3)12-18(14-19)20(26)23-21-22-4-11-29-21/h4,11-14,16H,5-10,15H2,1-3H3,(H,22,23,26). The summed E-state index contributed by atoms with van der Waals surface area (Å²) in [5.74, 6) is 0.556. The number of hydrogen-bond donors (Lipinski definition) is 1. The van der Waals surface area contributed by atoms with Gasteiger partial charge >= 0.3 is 0 Å². The van der Waals surface area contributed by atoms with E-state index >= 15 is 0 Å². The number of benzene rings is 1. The molecule has 0 radical (unpaired) electrons. The van der Waals surface area contributed by atoms with E-state index in [-0.39, 0.29) is 12.0 Å². The Morgan fingerprint density at radius 1 is 1.21 bits per heavy atom.